The summed E-state index contributed by atoms with van der Waals surface area (Å²) in [5, 5.41) is 6.55. The van der Waals surface area contributed by atoms with Gasteiger partial charge in [-0.1, -0.05) is 18.2 Å². The van der Waals surface area contributed by atoms with Crippen molar-refractivity contribution in [1.29, 1.82) is 0 Å². The number of hydrogen-bond acceptors (Lipinski definition) is 5. The van der Waals surface area contributed by atoms with Crippen LogP contribution in [-0.2, 0) is 14.6 Å². The number of amides is 1. The Morgan fingerprint density at radius 1 is 1.25 bits per heavy atom. The summed E-state index contributed by atoms with van der Waals surface area (Å²) in [5.41, 5.74) is 1.02. The molecular formula is C18H27IN4O4S. The molecule has 0 bridgehead atoms. The van der Waals surface area contributed by atoms with Gasteiger partial charge in [-0.15, -0.1) is 24.0 Å². The molecule has 0 saturated carbocycles. The van der Waals surface area contributed by atoms with Crippen molar-refractivity contribution in [1.82, 2.24) is 15.5 Å². The van der Waals surface area contributed by atoms with Crippen LogP contribution in [0.5, 0.6) is 5.75 Å². The van der Waals surface area contributed by atoms with Crippen LogP contribution in [0.1, 0.15) is 24.4 Å². The zero-order chi connectivity index (χ0) is 19.4. The summed E-state index contributed by atoms with van der Waals surface area (Å²) in [7, 11) is 0.346. The minimum absolute atomic E-state index is 0. The molecule has 2 heterocycles. The lowest BCUT2D eigenvalue weighted by Crippen LogP contribution is -2.46. The summed E-state index contributed by atoms with van der Waals surface area (Å²) < 4.78 is 29.2. The predicted molar refractivity (Wildman–Crippen MR) is 119 cm³/mol. The lowest BCUT2D eigenvalue weighted by molar-refractivity contribution is -0.127. The van der Waals surface area contributed by atoms with E-state index < -0.39 is 9.84 Å². The molecule has 28 heavy (non-hydrogen) atoms. The highest BCUT2D eigenvalue weighted by molar-refractivity contribution is 14.0. The van der Waals surface area contributed by atoms with Gasteiger partial charge in [-0.3, -0.25) is 4.79 Å². The van der Waals surface area contributed by atoms with Crippen molar-refractivity contribution in [3.8, 4) is 5.75 Å². The highest BCUT2D eigenvalue weighted by Crippen LogP contribution is 2.31. The number of para-hydroxylation sites is 1. The molecule has 8 nitrogen and oxygen atoms in total. The number of sulfone groups is 1. The molecule has 0 radical (unpaired) electrons. The van der Waals surface area contributed by atoms with E-state index in [0.29, 0.717) is 19.0 Å². The smallest absolute Gasteiger partial charge is 0.243 e. The number of nitrogens with zero attached hydrogens (tertiary/aromatic N) is 2. The zero-order valence-electron chi connectivity index (χ0n) is 16.1. The summed E-state index contributed by atoms with van der Waals surface area (Å²) in [5.74, 6) is 1.42. The normalized spacial score (nSPS) is 23.0. The minimum atomic E-state index is -3.01. The maximum Gasteiger partial charge on any atom is 0.243 e. The number of carbonyl (C=O) groups excluding carboxylic acids is 1. The number of benzene rings is 1. The lowest BCUT2D eigenvalue weighted by Gasteiger charge is -2.29. The average molecular weight is 522 g/mol. The molecule has 3 rings (SSSR count). The number of halogens is 1. The largest absolute Gasteiger partial charge is 0.493 e. The highest BCUT2D eigenvalue weighted by Gasteiger charge is 2.29. The number of hydrogen-bond donors (Lipinski definition) is 2. The molecule has 10 heteroatoms. The molecule has 1 aromatic carbocycles. The number of guanidine groups is 1. The Bertz CT molecular complexity index is 829. The van der Waals surface area contributed by atoms with Crippen molar-refractivity contribution >= 4 is 45.7 Å². The van der Waals surface area contributed by atoms with Crippen LogP contribution in [0.4, 0.5) is 0 Å². The van der Waals surface area contributed by atoms with Gasteiger partial charge in [0.2, 0.25) is 5.91 Å². The van der Waals surface area contributed by atoms with E-state index in [9.17, 15) is 13.2 Å². The van der Waals surface area contributed by atoms with Gasteiger partial charge < -0.3 is 20.3 Å². The summed E-state index contributed by atoms with van der Waals surface area (Å²) in [6.07, 6.45) is 1.29. The first-order chi connectivity index (χ1) is 12.8. The molecule has 1 fully saturated rings. The molecule has 2 unspecified atom stereocenters. The van der Waals surface area contributed by atoms with E-state index in [1.807, 2.05) is 24.3 Å². The molecule has 2 aliphatic rings. The van der Waals surface area contributed by atoms with Gasteiger partial charge in [0.15, 0.2) is 15.8 Å². The van der Waals surface area contributed by atoms with Gasteiger partial charge >= 0.3 is 0 Å². The van der Waals surface area contributed by atoms with Crippen LogP contribution in [0.3, 0.4) is 0 Å². The Morgan fingerprint density at radius 2 is 2.00 bits per heavy atom. The Hall–Kier alpha value is -1.56. The van der Waals surface area contributed by atoms with Gasteiger partial charge in [0.25, 0.3) is 0 Å². The number of carbonyl (C=O) groups is 1. The van der Waals surface area contributed by atoms with Gasteiger partial charge in [-0.2, -0.15) is 0 Å². The Kier molecular flexibility index (Phi) is 7.93. The van der Waals surface area contributed by atoms with Crippen LogP contribution in [0.2, 0.25) is 0 Å². The fourth-order valence-corrected chi connectivity index (χ4v) is 4.85. The fraction of sp³-hybridized carbons (Fsp3) is 0.556. The quantitative estimate of drug-likeness (QED) is 0.347. The minimum Gasteiger partial charge on any atom is -0.493 e. The maximum absolute atomic E-state index is 11.9. The topological polar surface area (TPSA) is 100 Å². The number of nitrogens with one attached hydrogen (secondary N) is 2. The second-order valence-corrected chi connectivity index (χ2v) is 9.30. The standard InChI is InChI=1S/C18H26N4O4S.HI/c1-22(2)17(23)11-19-18(20-13-8-10-27(24,25)12-13)21-15-7-9-26-16-6-4-3-5-14(15)16;/h3-6,13,15H,7-12H2,1-2H3,(H2,19,20,21);1H. The van der Waals surface area contributed by atoms with Gasteiger partial charge in [0, 0.05) is 32.1 Å². The summed E-state index contributed by atoms with van der Waals surface area (Å²) in [6, 6.07) is 7.57. The van der Waals surface area contributed by atoms with E-state index in [1.165, 1.54) is 4.90 Å². The van der Waals surface area contributed by atoms with Crippen molar-refractivity contribution in [2.24, 2.45) is 4.99 Å². The molecule has 0 aromatic heterocycles. The first kappa shape index (κ1) is 22.7. The highest BCUT2D eigenvalue weighted by atomic mass is 127. The first-order valence-electron chi connectivity index (χ1n) is 9.04. The zero-order valence-corrected chi connectivity index (χ0v) is 19.2. The third kappa shape index (κ3) is 5.97. The third-order valence-electron chi connectivity index (χ3n) is 4.71. The summed E-state index contributed by atoms with van der Waals surface area (Å²) in [6.45, 7) is 0.572. The van der Waals surface area contributed by atoms with E-state index in [2.05, 4.69) is 15.6 Å². The summed E-state index contributed by atoms with van der Waals surface area (Å²) >= 11 is 0. The van der Waals surface area contributed by atoms with E-state index >= 15 is 0 Å². The SMILES string of the molecule is CN(C)C(=O)CN=C(NC1CCS(=O)(=O)C1)NC1CCOc2ccccc21.I. The molecule has 0 aliphatic carbocycles. The van der Waals surface area contributed by atoms with Crippen LogP contribution in [0, 0.1) is 0 Å². The van der Waals surface area contributed by atoms with E-state index in [0.717, 1.165) is 17.7 Å². The van der Waals surface area contributed by atoms with Crippen molar-refractivity contribution < 1.29 is 17.9 Å². The first-order valence-corrected chi connectivity index (χ1v) is 10.9. The van der Waals surface area contributed by atoms with Crippen LogP contribution in [0.25, 0.3) is 0 Å². The number of likely N-dealkylation sites (N-methyl/N-ethyl adjacent to an activating group) is 1. The average Bonchev–Trinajstić information content (AvgIpc) is 2.98. The Balaban J connectivity index is 0.00000280. The molecule has 1 amide bonds. The van der Waals surface area contributed by atoms with Gasteiger partial charge in [0.05, 0.1) is 24.2 Å². The molecule has 2 N–H and O–H groups in total. The lowest BCUT2D eigenvalue weighted by atomic mass is 10.0. The molecule has 2 aliphatic heterocycles. The van der Waals surface area contributed by atoms with Gasteiger partial charge in [-0.25, -0.2) is 13.4 Å². The molecule has 2 atom stereocenters. The third-order valence-corrected chi connectivity index (χ3v) is 6.48. The summed E-state index contributed by atoms with van der Waals surface area (Å²) in [4.78, 5) is 17.8. The molecule has 1 saturated heterocycles. The van der Waals surface area contributed by atoms with E-state index in [-0.39, 0.29) is 60.0 Å². The number of fused-ring (bicyclic) bond motifs is 1. The number of rotatable bonds is 4. The number of aliphatic imine (C=N–C) groups is 1. The second kappa shape index (κ2) is 9.77. The number of ether oxygens (including phenoxy) is 1. The van der Waals surface area contributed by atoms with Crippen molar-refractivity contribution in [2.75, 3.05) is 38.8 Å². The van der Waals surface area contributed by atoms with Crippen LogP contribution < -0.4 is 15.4 Å². The monoisotopic (exact) mass is 522 g/mol. The molecule has 0 spiro atoms. The molecular weight excluding hydrogens is 495 g/mol. The van der Waals surface area contributed by atoms with Crippen LogP contribution >= 0.6 is 24.0 Å². The Labute approximate surface area is 183 Å². The molecule has 1 aromatic rings. The van der Waals surface area contributed by atoms with E-state index in [4.69, 9.17) is 4.74 Å². The van der Waals surface area contributed by atoms with Crippen LogP contribution in [0.15, 0.2) is 29.3 Å². The van der Waals surface area contributed by atoms with E-state index in [1.54, 1.807) is 14.1 Å². The van der Waals surface area contributed by atoms with Crippen molar-refractivity contribution in [3.05, 3.63) is 29.8 Å². The predicted octanol–water partition coefficient (Wildman–Crippen LogP) is 0.939. The second-order valence-electron chi connectivity index (χ2n) is 7.07. The van der Waals surface area contributed by atoms with Crippen molar-refractivity contribution in [2.45, 2.75) is 24.9 Å². The van der Waals surface area contributed by atoms with Crippen molar-refractivity contribution in [3.63, 3.8) is 0 Å². The molecule has 156 valence electrons. The Morgan fingerprint density at radius 3 is 2.68 bits per heavy atom. The maximum atomic E-state index is 11.9. The van der Waals surface area contributed by atoms with Gasteiger partial charge in [-0.05, 0) is 12.5 Å². The van der Waals surface area contributed by atoms with Gasteiger partial charge in [0.1, 0.15) is 12.3 Å². The fourth-order valence-electron chi connectivity index (χ4n) is 3.18. The van der Waals surface area contributed by atoms with Crippen LogP contribution in [-0.4, -0.2) is 70.0 Å².